The number of benzene rings is 1. The number of likely N-dealkylation sites (N-methyl/N-ethyl adjacent to an activating group) is 1. The van der Waals surface area contributed by atoms with Gasteiger partial charge in [-0.15, -0.1) is 0 Å². The number of nitrogens with one attached hydrogen (secondary N) is 2. The van der Waals surface area contributed by atoms with E-state index in [1.54, 1.807) is 0 Å². The van der Waals surface area contributed by atoms with Crippen LogP contribution in [0.25, 0.3) is 0 Å². The minimum atomic E-state index is -4.55. The van der Waals surface area contributed by atoms with Crippen LogP contribution in [0.5, 0.6) is 0 Å². The molecule has 26 heavy (non-hydrogen) atoms. The molecular formula is C17H18ClF3N4O. The van der Waals surface area contributed by atoms with E-state index in [1.165, 1.54) is 30.5 Å². The largest absolute Gasteiger partial charge is 0.418 e. The first-order chi connectivity index (χ1) is 12.2. The van der Waals surface area contributed by atoms with Crippen LogP contribution < -0.4 is 10.6 Å². The summed E-state index contributed by atoms with van der Waals surface area (Å²) in [5, 5.41) is 5.35. The van der Waals surface area contributed by atoms with Crippen molar-refractivity contribution in [1.82, 2.24) is 15.2 Å². The van der Waals surface area contributed by atoms with Gasteiger partial charge in [-0.3, -0.25) is 4.79 Å². The summed E-state index contributed by atoms with van der Waals surface area (Å²) < 4.78 is 39.3. The second-order valence-corrected chi connectivity index (χ2v) is 6.24. The minimum absolute atomic E-state index is 0.00857. The van der Waals surface area contributed by atoms with Crippen LogP contribution in [0, 0.1) is 0 Å². The molecule has 1 heterocycles. The molecule has 0 aliphatic rings. The van der Waals surface area contributed by atoms with Crippen molar-refractivity contribution in [2.24, 2.45) is 0 Å². The first kappa shape index (κ1) is 20.0. The third-order valence-corrected chi connectivity index (χ3v) is 3.64. The normalized spacial score (nSPS) is 11.5. The van der Waals surface area contributed by atoms with Gasteiger partial charge in [0.15, 0.2) is 0 Å². The standard InChI is InChI=1S/C17H18ClF3N4O/c1-25(2)8-7-22-16(26)15-6-4-12(10-23-15)24-14-5-3-11(18)9-13(14)17(19,20)21/h3-6,9-10,24H,7-8H2,1-2H3,(H,22,26). The van der Waals surface area contributed by atoms with E-state index in [9.17, 15) is 18.0 Å². The molecule has 0 aliphatic carbocycles. The maximum Gasteiger partial charge on any atom is 0.418 e. The molecule has 9 heteroatoms. The van der Waals surface area contributed by atoms with E-state index in [1.807, 2.05) is 19.0 Å². The van der Waals surface area contributed by atoms with Crippen LogP contribution in [-0.4, -0.2) is 43.0 Å². The summed E-state index contributed by atoms with van der Waals surface area (Å²) in [4.78, 5) is 17.9. The number of hydrogen-bond acceptors (Lipinski definition) is 4. The molecule has 0 aliphatic heterocycles. The van der Waals surface area contributed by atoms with E-state index in [4.69, 9.17) is 11.6 Å². The van der Waals surface area contributed by atoms with Crippen LogP contribution in [-0.2, 0) is 6.18 Å². The molecular weight excluding hydrogens is 369 g/mol. The number of nitrogens with zero attached hydrogens (tertiary/aromatic N) is 2. The van der Waals surface area contributed by atoms with Crippen LogP contribution in [0.1, 0.15) is 16.1 Å². The molecule has 0 unspecified atom stereocenters. The van der Waals surface area contributed by atoms with Crippen molar-refractivity contribution in [3.05, 3.63) is 52.8 Å². The summed E-state index contributed by atoms with van der Waals surface area (Å²) in [5.41, 5.74) is -0.522. The summed E-state index contributed by atoms with van der Waals surface area (Å²) in [7, 11) is 3.77. The Morgan fingerprint density at radius 1 is 1.23 bits per heavy atom. The van der Waals surface area contributed by atoms with Crippen LogP contribution >= 0.6 is 11.6 Å². The third-order valence-electron chi connectivity index (χ3n) is 3.41. The zero-order valence-electron chi connectivity index (χ0n) is 14.2. The summed E-state index contributed by atoms with van der Waals surface area (Å²) in [6.07, 6.45) is -3.25. The van der Waals surface area contributed by atoms with Crippen LogP contribution in [0.2, 0.25) is 5.02 Å². The Morgan fingerprint density at radius 2 is 1.96 bits per heavy atom. The number of carbonyl (C=O) groups is 1. The molecule has 2 N–H and O–H groups in total. The zero-order chi connectivity index (χ0) is 19.3. The lowest BCUT2D eigenvalue weighted by molar-refractivity contribution is -0.136. The molecule has 1 amide bonds. The van der Waals surface area contributed by atoms with Gasteiger partial charge in [-0.1, -0.05) is 11.6 Å². The Labute approximate surface area is 154 Å². The van der Waals surface area contributed by atoms with Gasteiger partial charge >= 0.3 is 6.18 Å². The van der Waals surface area contributed by atoms with Crippen molar-refractivity contribution < 1.29 is 18.0 Å². The smallest absolute Gasteiger partial charge is 0.354 e. The highest BCUT2D eigenvalue weighted by atomic mass is 35.5. The molecule has 1 aromatic carbocycles. The number of hydrogen-bond donors (Lipinski definition) is 2. The third kappa shape index (κ3) is 5.60. The molecule has 5 nitrogen and oxygen atoms in total. The van der Waals surface area contributed by atoms with Crippen molar-refractivity contribution >= 4 is 28.9 Å². The topological polar surface area (TPSA) is 57.3 Å². The number of rotatable bonds is 6. The predicted octanol–water partition coefficient (Wildman–Crippen LogP) is 3.79. The van der Waals surface area contributed by atoms with Gasteiger partial charge in [0.25, 0.3) is 5.91 Å². The highest BCUT2D eigenvalue weighted by Gasteiger charge is 2.33. The Bertz CT molecular complexity index is 764. The lowest BCUT2D eigenvalue weighted by Crippen LogP contribution is -2.31. The van der Waals surface area contributed by atoms with E-state index in [2.05, 4.69) is 15.6 Å². The quantitative estimate of drug-likeness (QED) is 0.793. The second kappa shape index (κ2) is 8.37. The van der Waals surface area contributed by atoms with Crippen LogP contribution in [0.3, 0.4) is 0 Å². The molecule has 0 spiro atoms. The Hall–Kier alpha value is -2.32. The van der Waals surface area contributed by atoms with Gasteiger partial charge in [0.2, 0.25) is 0 Å². The Kier molecular flexibility index (Phi) is 6.44. The summed E-state index contributed by atoms with van der Waals surface area (Å²) in [5.74, 6) is -0.346. The molecule has 0 atom stereocenters. The Morgan fingerprint density at radius 3 is 2.54 bits per heavy atom. The molecule has 2 aromatic rings. The molecule has 1 aromatic heterocycles. The fraction of sp³-hybridized carbons (Fsp3) is 0.294. The lowest BCUT2D eigenvalue weighted by atomic mass is 10.1. The van der Waals surface area contributed by atoms with E-state index >= 15 is 0 Å². The number of anilines is 2. The second-order valence-electron chi connectivity index (χ2n) is 5.80. The maximum absolute atomic E-state index is 13.1. The molecule has 0 saturated heterocycles. The molecule has 2 rings (SSSR count). The molecule has 0 bridgehead atoms. The summed E-state index contributed by atoms with van der Waals surface area (Å²) in [6.45, 7) is 1.15. The van der Waals surface area contributed by atoms with Gasteiger partial charge in [-0.25, -0.2) is 4.98 Å². The van der Waals surface area contributed by atoms with Crippen molar-refractivity contribution in [3.8, 4) is 0 Å². The number of carbonyl (C=O) groups excluding carboxylic acids is 1. The average Bonchev–Trinajstić information content (AvgIpc) is 2.56. The van der Waals surface area contributed by atoms with Crippen molar-refractivity contribution in [1.29, 1.82) is 0 Å². The van der Waals surface area contributed by atoms with Gasteiger partial charge in [0, 0.05) is 18.1 Å². The number of alkyl halides is 3. The van der Waals surface area contributed by atoms with E-state index in [0.29, 0.717) is 18.8 Å². The Balaban J connectivity index is 2.09. The van der Waals surface area contributed by atoms with Gasteiger partial charge in [-0.05, 0) is 44.4 Å². The van der Waals surface area contributed by atoms with Crippen molar-refractivity contribution in [2.45, 2.75) is 6.18 Å². The van der Waals surface area contributed by atoms with E-state index in [0.717, 1.165) is 6.07 Å². The maximum atomic E-state index is 13.1. The number of amides is 1. The van der Waals surface area contributed by atoms with Gasteiger partial charge in [-0.2, -0.15) is 13.2 Å². The number of halogens is 4. The van der Waals surface area contributed by atoms with Gasteiger partial charge < -0.3 is 15.5 Å². The van der Waals surface area contributed by atoms with Crippen LogP contribution in [0.15, 0.2) is 36.5 Å². The summed E-state index contributed by atoms with van der Waals surface area (Å²) in [6, 6.07) is 6.38. The van der Waals surface area contributed by atoms with Gasteiger partial charge in [0.05, 0.1) is 23.1 Å². The first-order valence-electron chi connectivity index (χ1n) is 7.69. The predicted molar refractivity (Wildman–Crippen MR) is 94.9 cm³/mol. The van der Waals surface area contributed by atoms with Crippen molar-refractivity contribution in [2.75, 3.05) is 32.5 Å². The monoisotopic (exact) mass is 386 g/mol. The van der Waals surface area contributed by atoms with E-state index in [-0.39, 0.29) is 22.3 Å². The lowest BCUT2D eigenvalue weighted by Gasteiger charge is -2.15. The fourth-order valence-corrected chi connectivity index (χ4v) is 2.27. The minimum Gasteiger partial charge on any atom is -0.354 e. The summed E-state index contributed by atoms with van der Waals surface area (Å²) >= 11 is 5.66. The average molecular weight is 387 g/mol. The number of pyridine rings is 1. The molecule has 0 saturated carbocycles. The first-order valence-corrected chi connectivity index (χ1v) is 8.07. The number of aromatic nitrogens is 1. The fourth-order valence-electron chi connectivity index (χ4n) is 2.10. The highest BCUT2D eigenvalue weighted by Crippen LogP contribution is 2.37. The van der Waals surface area contributed by atoms with Crippen LogP contribution in [0.4, 0.5) is 24.5 Å². The molecule has 140 valence electrons. The zero-order valence-corrected chi connectivity index (χ0v) is 14.9. The van der Waals surface area contributed by atoms with E-state index < -0.39 is 11.7 Å². The molecule has 0 fully saturated rings. The van der Waals surface area contributed by atoms with Crippen molar-refractivity contribution in [3.63, 3.8) is 0 Å². The molecule has 0 radical (unpaired) electrons. The SMILES string of the molecule is CN(C)CCNC(=O)c1ccc(Nc2ccc(Cl)cc2C(F)(F)F)cn1. The van der Waals surface area contributed by atoms with Gasteiger partial charge in [0.1, 0.15) is 5.69 Å². The highest BCUT2D eigenvalue weighted by molar-refractivity contribution is 6.30.